The standard InChI is InChI=1S/C13H17F3NO2PS/c1-12(2,20)21-17-10-7-5-8(13(14,15)16)4-6-9(10)11(18)19-3/h4,6-7,17H,5,20H2,1-3H3. The van der Waals surface area contributed by atoms with Gasteiger partial charge in [-0.3, -0.25) is 0 Å². The molecule has 0 aromatic rings. The van der Waals surface area contributed by atoms with E-state index in [0.29, 0.717) is 5.70 Å². The number of methoxy groups -OCH3 is 1. The van der Waals surface area contributed by atoms with E-state index in [0.717, 1.165) is 12.2 Å². The first kappa shape index (κ1) is 18.1. The molecule has 21 heavy (non-hydrogen) atoms. The van der Waals surface area contributed by atoms with Gasteiger partial charge in [0.15, 0.2) is 0 Å². The molecule has 1 rings (SSSR count). The van der Waals surface area contributed by atoms with Crippen LogP contribution in [0.25, 0.3) is 0 Å². The Balaban J connectivity index is 3.06. The average Bonchev–Trinajstić information content (AvgIpc) is 2.56. The van der Waals surface area contributed by atoms with Crippen molar-refractivity contribution in [2.75, 3.05) is 7.11 Å². The van der Waals surface area contributed by atoms with Crippen molar-refractivity contribution in [3.05, 3.63) is 35.1 Å². The van der Waals surface area contributed by atoms with Gasteiger partial charge >= 0.3 is 12.1 Å². The molecule has 0 heterocycles. The van der Waals surface area contributed by atoms with Gasteiger partial charge in [-0.25, -0.2) is 4.79 Å². The Hall–Kier alpha value is -0.940. The summed E-state index contributed by atoms with van der Waals surface area (Å²) < 4.78 is 45.6. The van der Waals surface area contributed by atoms with Crippen LogP contribution >= 0.6 is 21.2 Å². The van der Waals surface area contributed by atoms with Crippen LogP contribution in [0.15, 0.2) is 35.1 Å². The lowest BCUT2D eigenvalue weighted by Crippen LogP contribution is -2.19. The van der Waals surface area contributed by atoms with Gasteiger partial charge in [-0.1, -0.05) is 12.2 Å². The van der Waals surface area contributed by atoms with E-state index in [1.54, 1.807) is 0 Å². The Morgan fingerprint density at radius 1 is 1.38 bits per heavy atom. The maximum Gasteiger partial charge on any atom is 0.412 e. The van der Waals surface area contributed by atoms with Gasteiger partial charge in [-0.05, 0) is 38.3 Å². The lowest BCUT2D eigenvalue weighted by molar-refractivity contribution is -0.135. The normalized spacial score (nSPS) is 16.4. The Morgan fingerprint density at radius 2 is 2.00 bits per heavy atom. The molecule has 0 fully saturated rings. The number of esters is 1. The van der Waals surface area contributed by atoms with Crippen molar-refractivity contribution in [3.8, 4) is 0 Å². The zero-order valence-electron chi connectivity index (χ0n) is 11.9. The molecule has 0 amide bonds. The number of hydrogen-bond acceptors (Lipinski definition) is 4. The summed E-state index contributed by atoms with van der Waals surface area (Å²) in [5.41, 5.74) is -0.327. The molecule has 1 aliphatic rings. The highest BCUT2D eigenvalue weighted by atomic mass is 32.2. The van der Waals surface area contributed by atoms with E-state index in [1.165, 1.54) is 25.1 Å². The van der Waals surface area contributed by atoms with Gasteiger partial charge in [-0.2, -0.15) is 13.2 Å². The third-order valence-electron chi connectivity index (χ3n) is 2.46. The van der Waals surface area contributed by atoms with Crippen molar-refractivity contribution in [2.24, 2.45) is 0 Å². The Kier molecular flexibility index (Phi) is 5.93. The van der Waals surface area contributed by atoms with Crippen molar-refractivity contribution in [1.82, 2.24) is 4.72 Å². The van der Waals surface area contributed by atoms with Crippen LogP contribution in [0.3, 0.4) is 0 Å². The molecule has 0 aromatic heterocycles. The SMILES string of the molecule is COC(=O)C1=CC=C(C(F)(F)F)CC=C1NSC(C)(C)P. The molecule has 0 aromatic carbocycles. The van der Waals surface area contributed by atoms with Gasteiger partial charge in [0, 0.05) is 10.1 Å². The van der Waals surface area contributed by atoms with E-state index >= 15 is 0 Å². The fourth-order valence-corrected chi connectivity index (χ4v) is 2.19. The summed E-state index contributed by atoms with van der Waals surface area (Å²) in [7, 11) is 3.77. The fourth-order valence-electron chi connectivity index (χ4n) is 1.45. The summed E-state index contributed by atoms with van der Waals surface area (Å²) in [5, 5.41) is 0. The number of nitrogens with one attached hydrogen (secondary N) is 1. The first-order chi connectivity index (χ1) is 9.54. The van der Waals surface area contributed by atoms with Crippen LogP contribution in [0, 0.1) is 0 Å². The number of carbonyl (C=O) groups is 1. The quantitative estimate of drug-likeness (QED) is 0.481. The van der Waals surface area contributed by atoms with Crippen LogP contribution in [0.4, 0.5) is 13.2 Å². The van der Waals surface area contributed by atoms with Crippen LogP contribution in [-0.4, -0.2) is 23.7 Å². The summed E-state index contributed by atoms with van der Waals surface area (Å²) in [6, 6.07) is 0. The second-order valence-electron chi connectivity index (χ2n) is 4.89. The maximum absolute atomic E-state index is 12.8. The largest absolute Gasteiger partial charge is 0.465 e. The van der Waals surface area contributed by atoms with Crippen molar-refractivity contribution in [3.63, 3.8) is 0 Å². The van der Waals surface area contributed by atoms with Crippen molar-refractivity contribution < 1.29 is 22.7 Å². The minimum absolute atomic E-state index is 0.0681. The van der Waals surface area contributed by atoms with Gasteiger partial charge < -0.3 is 9.46 Å². The summed E-state index contributed by atoms with van der Waals surface area (Å²) in [6.45, 7) is 3.82. The molecule has 1 unspecified atom stereocenters. The molecule has 8 heteroatoms. The highest BCUT2D eigenvalue weighted by Gasteiger charge is 2.33. The second-order valence-corrected chi connectivity index (χ2v) is 8.21. The van der Waals surface area contributed by atoms with E-state index in [4.69, 9.17) is 0 Å². The van der Waals surface area contributed by atoms with E-state index in [1.807, 2.05) is 13.8 Å². The second kappa shape index (κ2) is 6.88. The predicted molar refractivity (Wildman–Crippen MR) is 81.5 cm³/mol. The summed E-state index contributed by atoms with van der Waals surface area (Å²) in [4.78, 5) is 11.7. The number of halogens is 3. The highest BCUT2D eigenvalue weighted by molar-refractivity contribution is 8.02. The number of hydrogen-bond donors (Lipinski definition) is 1. The predicted octanol–water partition coefficient (Wildman–Crippen LogP) is 3.71. The topological polar surface area (TPSA) is 38.3 Å². The molecule has 0 radical (unpaired) electrons. The van der Waals surface area contributed by atoms with Gasteiger partial charge in [0.2, 0.25) is 0 Å². The minimum Gasteiger partial charge on any atom is -0.465 e. The Bertz CT molecular complexity index is 505. The molecular weight excluding hydrogens is 322 g/mol. The average molecular weight is 339 g/mol. The van der Waals surface area contributed by atoms with E-state index in [-0.39, 0.29) is 16.5 Å². The van der Waals surface area contributed by atoms with Crippen molar-refractivity contribution in [1.29, 1.82) is 0 Å². The summed E-state index contributed by atoms with van der Waals surface area (Å²) >= 11 is 1.28. The number of alkyl halides is 3. The van der Waals surface area contributed by atoms with Gasteiger partial charge in [0.05, 0.1) is 18.4 Å². The van der Waals surface area contributed by atoms with E-state index < -0.39 is 17.7 Å². The lowest BCUT2D eigenvalue weighted by Gasteiger charge is -2.20. The lowest BCUT2D eigenvalue weighted by atomic mass is 10.1. The molecule has 118 valence electrons. The Morgan fingerprint density at radius 3 is 2.48 bits per heavy atom. The zero-order chi connectivity index (χ0) is 16.3. The monoisotopic (exact) mass is 339 g/mol. The molecule has 1 N–H and O–H groups in total. The molecule has 3 nitrogen and oxygen atoms in total. The molecule has 0 saturated carbocycles. The van der Waals surface area contributed by atoms with Crippen molar-refractivity contribution in [2.45, 2.75) is 30.9 Å². The van der Waals surface area contributed by atoms with Crippen molar-refractivity contribution >= 4 is 27.2 Å². The number of carbonyl (C=O) groups excluding carboxylic acids is 1. The number of rotatable bonds is 4. The maximum atomic E-state index is 12.8. The van der Waals surface area contributed by atoms with E-state index in [9.17, 15) is 18.0 Å². The van der Waals surface area contributed by atoms with E-state index in [2.05, 4.69) is 18.7 Å². The molecule has 0 aliphatic heterocycles. The fraction of sp³-hybridized carbons (Fsp3) is 0.462. The van der Waals surface area contributed by atoms with Crippen LogP contribution in [0.1, 0.15) is 20.3 Å². The summed E-state index contributed by atoms with van der Waals surface area (Å²) in [6.07, 6.45) is -1.33. The summed E-state index contributed by atoms with van der Waals surface area (Å²) in [5.74, 6) is -0.685. The molecule has 0 saturated heterocycles. The van der Waals surface area contributed by atoms with Crippen LogP contribution in [0.2, 0.25) is 0 Å². The molecule has 0 bridgehead atoms. The van der Waals surface area contributed by atoms with Crippen LogP contribution in [0.5, 0.6) is 0 Å². The van der Waals surface area contributed by atoms with Gasteiger partial charge in [-0.15, -0.1) is 9.24 Å². The smallest absolute Gasteiger partial charge is 0.412 e. The van der Waals surface area contributed by atoms with Gasteiger partial charge in [0.1, 0.15) is 0 Å². The first-order valence-electron chi connectivity index (χ1n) is 6.04. The molecule has 0 spiro atoms. The highest BCUT2D eigenvalue weighted by Crippen LogP contribution is 2.34. The number of ether oxygens (including phenoxy) is 1. The first-order valence-corrected chi connectivity index (χ1v) is 7.44. The zero-order valence-corrected chi connectivity index (χ0v) is 13.8. The molecule has 1 aliphatic carbocycles. The van der Waals surface area contributed by atoms with Gasteiger partial charge in [0.25, 0.3) is 0 Å². The molecular formula is C13H17F3NO2PS. The minimum atomic E-state index is -4.42. The third-order valence-corrected chi connectivity index (χ3v) is 3.66. The Labute approximate surface area is 128 Å². The van der Waals surface area contributed by atoms with Crippen LogP contribution < -0.4 is 4.72 Å². The molecule has 1 atom stereocenters. The number of allylic oxidation sites excluding steroid dienone is 4. The van der Waals surface area contributed by atoms with Crippen LogP contribution in [-0.2, 0) is 9.53 Å². The third kappa shape index (κ3) is 5.75.